The topological polar surface area (TPSA) is 35.5 Å². The van der Waals surface area contributed by atoms with Crippen molar-refractivity contribution in [3.8, 4) is 0 Å². The quantitative estimate of drug-likeness (QED) is 0.890. The van der Waals surface area contributed by atoms with Gasteiger partial charge in [-0.3, -0.25) is 4.90 Å². The highest BCUT2D eigenvalue weighted by atomic mass is 35.5. The average molecular weight is 329 g/mol. The van der Waals surface area contributed by atoms with Crippen LogP contribution in [0.4, 0.5) is 0 Å². The Kier molecular flexibility index (Phi) is 5.57. The molecule has 0 spiro atoms. The van der Waals surface area contributed by atoms with E-state index < -0.39 is 0 Å². The van der Waals surface area contributed by atoms with Crippen LogP contribution < -0.4 is 5.32 Å². The number of rotatable bonds is 4. The molecule has 1 aliphatic heterocycles. The van der Waals surface area contributed by atoms with Crippen LogP contribution in [0.3, 0.4) is 0 Å². The molecule has 1 saturated heterocycles. The second kappa shape index (κ2) is 7.42. The van der Waals surface area contributed by atoms with Gasteiger partial charge in [0, 0.05) is 42.0 Å². The summed E-state index contributed by atoms with van der Waals surface area (Å²) in [7, 11) is 0. The van der Waals surface area contributed by atoms with E-state index in [0.717, 1.165) is 31.1 Å². The number of aliphatic hydroxyl groups is 1. The molecular formula is C16H25ClN2OS. The van der Waals surface area contributed by atoms with Crippen LogP contribution in [0.15, 0.2) is 11.4 Å². The molecule has 3 nitrogen and oxygen atoms in total. The number of piperidine rings is 1. The summed E-state index contributed by atoms with van der Waals surface area (Å²) in [6.45, 7) is 3.16. The summed E-state index contributed by atoms with van der Waals surface area (Å²) in [5.41, 5.74) is 0. The van der Waals surface area contributed by atoms with Gasteiger partial charge in [0.25, 0.3) is 0 Å². The van der Waals surface area contributed by atoms with Gasteiger partial charge in [0.1, 0.15) is 0 Å². The third kappa shape index (κ3) is 4.20. The monoisotopic (exact) mass is 328 g/mol. The van der Waals surface area contributed by atoms with Crippen molar-refractivity contribution < 1.29 is 5.11 Å². The number of hydrogen-bond donors (Lipinski definition) is 2. The first-order chi connectivity index (χ1) is 10.2. The van der Waals surface area contributed by atoms with E-state index in [1.165, 1.54) is 37.0 Å². The van der Waals surface area contributed by atoms with Crippen LogP contribution in [-0.4, -0.2) is 41.3 Å². The van der Waals surface area contributed by atoms with Gasteiger partial charge in [0.05, 0.1) is 11.1 Å². The second-order valence-electron chi connectivity index (χ2n) is 6.34. The van der Waals surface area contributed by atoms with Gasteiger partial charge >= 0.3 is 0 Å². The zero-order valence-electron chi connectivity index (χ0n) is 12.4. The van der Waals surface area contributed by atoms with Gasteiger partial charge in [-0.25, -0.2) is 0 Å². The van der Waals surface area contributed by atoms with E-state index in [9.17, 15) is 5.11 Å². The third-order valence-corrected chi connectivity index (χ3v) is 6.16. The first kappa shape index (κ1) is 15.8. The predicted octanol–water partition coefficient (Wildman–Crippen LogP) is 3.26. The summed E-state index contributed by atoms with van der Waals surface area (Å²) in [5, 5.41) is 16.7. The first-order valence-corrected chi connectivity index (χ1v) is 9.36. The summed E-state index contributed by atoms with van der Waals surface area (Å²) in [6.07, 6.45) is 6.90. The van der Waals surface area contributed by atoms with E-state index in [0.29, 0.717) is 12.1 Å². The molecule has 1 aromatic heterocycles. The fourth-order valence-corrected chi connectivity index (χ4v) is 4.67. The van der Waals surface area contributed by atoms with E-state index in [-0.39, 0.29) is 6.10 Å². The van der Waals surface area contributed by atoms with Crippen molar-refractivity contribution in [2.75, 3.05) is 13.1 Å². The van der Waals surface area contributed by atoms with Crippen LogP contribution in [-0.2, 0) is 6.54 Å². The first-order valence-electron chi connectivity index (χ1n) is 8.11. The molecule has 2 fully saturated rings. The van der Waals surface area contributed by atoms with Gasteiger partial charge < -0.3 is 10.4 Å². The molecule has 2 N–H and O–H groups in total. The van der Waals surface area contributed by atoms with Crippen molar-refractivity contribution in [1.82, 2.24) is 10.2 Å². The Balaban J connectivity index is 1.42. The fourth-order valence-electron chi connectivity index (χ4n) is 3.64. The van der Waals surface area contributed by atoms with E-state index >= 15 is 0 Å². The van der Waals surface area contributed by atoms with Gasteiger partial charge in [0.2, 0.25) is 0 Å². The van der Waals surface area contributed by atoms with Crippen LogP contribution in [0.25, 0.3) is 0 Å². The Morgan fingerprint density at radius 1 is 1.24 bits per heavy atom. The summed E-state index contributed by atoms with van der Waals surface area (Å²) in [6, 6.07) is 3.06. The minimum Gasteiger partial charge on any atom is -0.391 e. The maximum Gasteiger partial charge on any atom is 0.0695 e. The summed E-state index contributed by atoms with van der Waals surface area (Å²) < 4.78 is 0. The van der Waals surface area contributed by atoms with Crippen molar-refractivity contribution in [3.05, 3.63) is 21.3 Å². The van der Waals surface area contributed by atoms with Gasteiger partial charge in [-0.05, 0) is 31.7 Å². The van der Waals surface area contributed by atoms with Crippen molar-refractivity contribution in [2.24, 2.45) is 0 Å². The lowest BCUT2D eigenvalue weighted by molar-refractivity contribution is 0.00715. The van der Waals surface area contributed by atoms with E-state index in [4.69, 9.17) is 11.6 Å². The molecule has 3 rings (SSSR count). The highest BCUT2D eigenvalue weighted by Gasteiger charge is 2.31. The number of nitrogens with zero attached hydrogens (tertiary/aromatic N) is 1. The molecule has 21 heavy (non-hydrogen) atoms. The highest BCUT2D eigenvalue weighted by molar-refractivity contribution is 7.10. The maximum atomic E-state index is 10.2. The number of halogens is 1. The SMILES string of the molecule is O[C@@H]1CCCC[C@@H]1N1CCC(NCc2cc(Cl)cs2)CC1. The Morgan fingerprint density at radius 2 is 2.00 bits per heavy atom. The summed E-state index contributed by atoms with van der Waals surface area (Å²) in [4.78, 5) is 3.83. The van der Waals surface area contributed by atoms with Crippen LogP contribution in [0, 0.1) is 0 Å². The average Bonchev–Trinajstić information content (AvgIpc) is 2.92. The molecule has 118 valence electrons. The van der Waals surface area contributed by atoms with Crippen LogP contribution in [0.5, 0.6) is 0 Å². The predicted molar refractivity (Wildman–Crippen MR) is 89.0 cm³/mol. The molecule has 0 unspecified atom stereocenters. The second-order valence-corrected chi connectivity index (χ2v) is 7.77. The van der Waals surface area contributed by atoms with Gasteiger partial charge in [-0.2, -0.15) is 0 Å². The Hall–Kier alpha value is -0.130. The molecular weight excluding hydrogens is 304 g/mol. The van der Waals surface area contributed by atoms with Crippen molar-refractivity contribution in [1.29, 1.82) is 0 Å². The zero-order valence-corrected chi connectivity index (χ0v) is 14.0. The normalized spacial score (nSPS) is 28.9. The summed E-state index contributed by atoms with van der Waals surface area (Å²) in [5.74, 6) is 0. The highest BCUT2D eigenvalue weighted by Crippen LogP contribution is 2.26. The molecule has 1 aromatic rings. The fraction of sp³-hybridized carbons (Fsp3) is 0.750. The smallest absolute Gasteiger partial charge is 0.0695 e. The number of aliphatic hydroxyl groups excluding tert-OH is 1. The minimum atomic E-state index is -0.100. The number of thiophene rings is 1. The molecule has 2 aliphatic rings. The largest absolute Gasteiger partial charge is 0.391 e. The molecule has 2 heterocycles. The number of hydrogen-bond acceptors (Lipinski definition) is 4. The maximum absolute atomic E-state index is 10.2. The molecule has 1 saturated carbocycles. The molecule has 0 aromatic carbocycles. The number of likely N-dealkylation sites (tertiary alicyclic amines) is 1. The Morgan fingerprint density at radius 3 is 2.67 bits per heavy atom. The van der Waals surface area contributed by atoms with Crippen molar-refractivity contribution in [2.45, 2.75) is 63.3 Å². The van der Waals surface area contributed by atoms with E-state index in [2.05, 4.69) is 10.2 Å². The van der Waals surface area contributed by atoms with Crippen LogP contribution in [0.1, 0.15) is 43.4 Å². The van der Waals surface area contributed by atoms with E-state index in [1.807, 2.05) is 11.4 Å². The summed E-state index contributed by atoms with van der Waals surface area (Å²) >= 11 is 7.68. The molecule has 5 heteroatoms. The Labute approximate surface area is 136 Å². The van der Waals surface area contributed by atoms with Gasteiger partial charge in [-0.15, -0.1) is 11.3 Å². The van der Waals surface area contributed by atoms with Gasteiger partial charge in [0.15, 0.2) is 0 Å². The van der Waals surface area contributed by atoms with Crippen LogP contribution >= 0.6 is 22.9 Å². The standard InChI is InChI=1S/C16H25ClN2OS/c17-12-9-14(21-11-12)10-18-13-5-7-19(8-6-13)15-3-1-2-4-16(15)20/h9,11,13,15-16,18,20H,1-8,10H2/t15-,16+/m0/s1. The lowest BCUT2D eigenvalue weighted by atomic mass is 9.89. The molecule has 2 atom stereocenters. The lowest BCUT2D eigenvalue weighted by Crippen LogP contribution is -2.51. The Bertz CT molecular complexity index is 445. The van der Waals surface area contributed by atoms with E-state index in [1.54, 1.807) is 11.3 Å². The zero-order chi connectivity index (χ0) is 14.7. The van der Waals surface area contributed by atoms with Crippen LogP contribution in [0.2, 0.25) is 5.02 Å². The molecule has 0 radical (unpaired) electrons. The molecule has 0 bridgehead atoms. The van der Waals surface area contributed by atoms with Gasteiger partial charge in [-0.1, -0.05) is 24.4 Å². The minimum absolute atomic E-state index is 0.100. The molecule has 1 aliphatic carbocycles. The number of nitrogens with one attached hydrogen (secondary N) is 1. The van der Waals surface area contributed by atoms with Crippen molar-refractivity contribution in [3.63, 3.8) is 0 Å². The van der Waals surface area contributed by atoms with Crippen molar-refractivity contribution >= 4 is 22.9 Å². The molecule has 0 amide bonds. The third-order valence-electron chi connectivity index (χ3n) is 4.88. The lowest BCUT2D eigenvalue weighted by Gasteiger charge is -2.41.